The quantitative estimate of drug-likeness (QED) is 0.809. The summed E-state index contributed by atoms with van der Waals surface area (Å²) in [6.45, 7) is 0.588. The molecule has 0 bridgehead atoms. The SMILES string of the molecule is COC(=O)c1cncc([C@](C)(O)C(F)(F)F)c1. The summed E-state index contributed by atoms with van der Waals surface area (Å²) in [5.41, 5.74) is -3.74. The van der Waals surface area contributed by atoms with Gasteiger partial charge in [0.25, 0.3) is 0 Å². The lowest BCUT2D eigenvalue weighted by Gasteiger charge is -2.26. The minimum atomic E-state index is -4.86. The molecule has 1 atom stereocenters. The number of aliphatic hydroxyl groups is 1. The van der Waals surface area contributed by atoms with Gasteiger partial charge in [0, 0.05) is 18.0 Å². The van der Waals surface area contributed by atoms with Crippen LogP contribution in [0.5, 0.6) is 0 Å². The molecule has 0 unspecified atom stereocenters. The molecule has 0 saturated heterocycles. The Hall–Kier alpha value is -1.63. The lowest BCUT2D eigenvalue weighted by Crippen LogP contribution is -2.39. The first kappa shape index (κ1) is 13.4. The molecule has 0 spiro atoms. The molecule has 0 saturated carbocycles. The lowest BCUT2D eigenvalue weighted by atomic mass is 9.96. The van der Waals surface area contributed by atoms with E-state index in [4.69, 9.17) is 0 Å². The fourth-order valence-corrected chi connectivity index (χ4v) is 1.10. The summed E-state index contributed by atoms with van der Waals surface area (Å²) in [6, 6.07) is 0.895. The van der Waals surface area contributed by atoms with Gasteiger partial charge in [-0.1, -0.05) is 0 Å². The zero-order valence-electron chi connectivity index (χ0n) is 9.08. The maximum absolute atomic E-state index is 12.5. The summed E-state index contributed by atoms with van der Waals surface area (Å²) in [4.78, 5) is 14.6. The molecule has 0 aliphatic rings. The first-order valence-electron chi connectivity index (χ1n) is 4.53. The van der Waals surface area contributed by atoms with E-state index in [1.165, 1.54) is 0 Å². The van der Waals surface area contributed by atoms with Gasteiger partial charge in [-0.05, 0) is 13.0 Å². The molecule has 7 heteroatoms. The second-order valence-corrected chi connectivity index (χ2v) is 3.52. The van der Waals surface area contributed by atoms with Crippen LogP contribution in [0.1, 0.15) is 22.8 Å². The summed E-state index contributed by atoms with van der Waals surface area (Å²) in [5, 5.41) is 9.38. The van der Waals surface area contributed by atoms with Crippen molar-refractivity contribution in [3.05, 3.63) is 29.6 Å². The van der Waals surface area contributed by atoms with Crippen LogP contribution in [0, 0.1) is 0 Å². The first-order valence-corrected chi connectivity index (χ1v) is 4.53. The summed E-state index contributed by atoms with van der Waals surface area (Å²) in [5.74, 6) is -0.822. The van der Waals surface area contributed by atoms with Crippen LogP contribution in [-0.4, -0.2) is 29.3 Å². The zero-order chi connectivity index (χ0) is 13.3. The van der Waals surface area contributed by atoms with Gasteiger partial charge in [0.05, 0.1) is 12.7 Å². The Labute approximate surface area is 95.0 Å². The van der Waals surface area contributed by atoms with E-state index in [9.17, 15) is 23.1 Å². The van der Waals surface area contributed by atoms with Crippen LogP contribution in [0.4, 0.5) is 13.2 Å². The van der Waals surface area contributed by atoms with Crippen molar-refractivity contribution in [2.24, 2.45) is 0 Å². The maximum atomic E-state index is 12.5. The number of carbonyl (C=O) groups excluding carboxylic acids is 1. The molecule has 0 aromatic carbocycles. The summed E-state index contributed by atoms with van der Waals surface area (Å²) in [7, 11) is 1.09. The van der Waals surface area contributed by atoms with E-state index >= 15 is 0 Å². The van der Waals surface area contributed by atoms with Crippen LogP contribution < -0.4 is 0 Å². The van der Waals surface area contributed by atoms with Crippen molar-refractivity contribution in [3.8, 4) is 0 Å². The average Bonchev–Trinajstić information content (AvgIpc) is 2.26. The number of ether oxygens (including phenoxy) is 1. The van der Waals surface area contributed by atoms with E-state index in [-0.39, 0.29) is 5.56 Å². The number of halogens is 3. The van der Waals surface area contributed by atoms with Gasteiger partial charge in [0.1, 0.15) is 0 Å². The number of nitrogens with zero attached hydrogens (tertiary/aromatic N) is 1. The Balaban J connectivity index is 3.21. The van der Waals surface area contributed by atoms with Gasteiger partial charge in [0.15, 0.2) is 5.60 Å². The van der Waals surface area contributed by atoms with Crippen LogP contribution in [0.15, 0.2) is 18.5 Å². The molecule has 1 N–H and O–H groups in total. The molecular weight excluding hydrogens is 239 g/mol. The molecule has 1 aromatic heterocycles. The normalized spacial score (nSPS) is 15.2. The minimum Gasteiger partial charge on any atom is -0.465 e. The third-order valence-corrected chi connectivity index (χ3v) is 2.27. The molecule has 0 aliphatic carbocycles. The number of methoxy groups -OCH3 is 1. The molecule has 17 heavy (non-hydrogen) atoms. The topological polar surface area (TPSA) is 59.4 Å². The van der Waals surface area contributed by atoms with Crippen molar-refractivity contribution in [1.29, 1.82) is 0 Å². The Bertz CT molecular complexity index is 429. The molecule has 94 valence electrons. The van der Waals surface area contributed by atoms with Crippen LogP contribution in [-0.2, 0) is 10.3 Å². The predicted molar refractivity (Wildman–Crippen MR) is 51.2 cm³/mol. The highest BCUT2D eigenvalue weighted by Crippen LogP contribution is 2.38. The number of esters is 1. The Kier molecular flexibility index (Phi) is 3.42. The van der Waals surface area contributed by atoms with Crippen molar-refractivity contribution in [3.63, 3.8) is 0 Å². The van der Waals surface area contributed by atoms with Crippen molar-refractivity contribution in [2.45, 2.75) is 18.7 Å². The highest BCUT2D eigenvalue weighted by Gasteiger charge is 2.51. The monoisotopic (exact) mass is 249 g/mol. The van der Waals surface area contributed by atoms with Crippen molar-refractivity contribution >= 4 is 5.97 Å². The number of hydrogen-bond acceptors (Lipinski definition) is 4. The van der Waals surface area contributed by atoms with E-state index < -0.39 is 23.3 Å². The molecule has 1 heterocycles. The molecule has 4 nitrogen and oxygen atoms in total. The second kappa shape index (κ2) is 4.33. The molecule has 1 rings (SSSR count). The van der Waals surface area contributed by atoms with Gasteiger partial charge in [-0.2, -0.15) is 13.2 Å². The van der Waals surface area contributed by atoms with Crippen molar-refractivity contribution in [2.75, 3.05) is 7.11 Å². The van der Waals surface area contributed by atoms with Crippen molar-refractivity contribution < 1.29 is 27.8 Å². The number of alkyl halides is 3. The second-order valence-electron chi connectivity index (χ2n) is 3.52. The number of aromatic nitrogens is 1. The largest absolute Gasteiger partial charge is 0.465 e. The maximum Gasteiger partial charge on any atom is 0.421 e. The van der Waals surface area contributed by atoms with Gasteiger partial charge >= 0.3 is 12.1 Å². The van der Waals surface area contributed by atoms with E-state index in [0.29, 0.717) is 6.92 Å². The Morgan fingerprint density at radius 2 is 2.00 bits per heavy atom. The van der Waals surface area contributed by atoms with Crippen LogP contribution in [0.3, 0.4) is 0 Å². The third kappa shape index (κ3) is 2.55. The number of hydrogen-bond donors (Lipinski definition) is 1. The average molecular weight is 249 g/mol. The number of pyridine rings is 1. The molecule has 0 amide bonds. The molecule has 0 fully saturated rings. The van der Waals surface area contributed by atoms with E-state index in [1.54, 1.807) is 0 Å². The van der Waals surface area contributed by atoms with E-state index in [0.717, 1.165) is 25.6 Å². The van der Waals surface area contributed by atoms with Gasteiger partial charge in [0.2, 0.25) is 0 Å². The lowest BCUT2D eigenvalue weighted by molar-refractivity contribution is -0.259. The highest BCUT2D eigenvalue weighted by atomic mass is 19.4. The molecular formula is C10H10F3NO3. The van der Waals surface area contributed by atoms with Crippen LogP contribution in [0.25, 0.3) is 0 Å². The van der Waals surface area contributed by atoms with Gasteiger partial charge in [-0.3, -0.25) is 4.98 Å². The predicted octanol–water partition coefficient (Wildman–Crippen LogP) is 1.64. The summed E-state index contributed by atoms with van der Waals surface area (Å²) >= 11 is 0. The number of rotatable bonds is 2. The molecule has 0 aliphatic heterocycles. The molecule has 1 aromatic rings. The zero-order valence-corrected chi connectivity index (χ0v) is 9.08. The van der Waals surface area contributed by atoms with E-state index in [1.807, 2.05) is 0 Å². The smallest absolute Gasteiger partial charge is 0.421 e. The summed E-state index contributed by atoms with van der Waals surface area (Å²) < 4.78 is 42.0. The number of carbonyl (C=O) groups is 1. The highest BCUT2D eigenvalue weighted by molar-refractivity contribution is 5.89. The van der Waals surface area contributed by atoms with Gasteiger partial charge < -0.3 is 9.84 Å². The van der Waals surface area contributed by atoms with Crippen LogP contribution >= 0.6 is 0 Å². The Morgan fingerprint density at radius 1 is 1.41 bits per heavy atom. The molecule has 0 radical (unpaired) electrons. The fourth-order valence-electron chi connectivity index (χ4n) is 1.10. The van der Waals surface area contributed by atoms with Crippen molar-refractivity contribution in [1.82, 2.24) is 4.98 Å². The first-order chi connectivity index (χ1) is 7.70. The van der Waals surface area contributed by atoms with E-state index in [2.05, 4.69) is 9.72 Å². The van der Waals surface area contributed by atoms with Gasteiger partial charge in [-0.15, -0.1) is 0 Å². The fraction of sp³-hybridized carbons (Fsp3) is 0.400. The van der Waals surface area contributed by atoms with Gasteiger partial charge in [-0.25, -0.2) is 4.79 Å². The van der Waals surface area contributed by atoms with Crippen LogP contribution in [0.2, 0.25) is 0 Å². The third-order valence-electron chi connectivity index (χ3n) is 2.27. The summed E-state index contributed by atoms with van der Waals surface area (Å²) in [6.07, 6.45) is -2.95. The standard InChI is InChI=1S/C10H10F3NO3/c1-9(16,10(11,12)13)7-3-6(4-14-5-7)8(15)17-2/h3-5,16H,1-2H3/t9-/m0/s1. The minimum absolute atomic E-state index is 0.158. The Morgan fingerprint density at radius 3 is 2.47 bits per heavy atom.